The molecule has 1 unspecified atom stereocenters. The van der Waals surface area contributed by atoms with Gasteiger partial charge in [0, 0.05) is 24.7 Å². The number of hydrogen-bond acceptors (Lipinski definition) is 5. The van der Waals surface area contributed by atoms with E-state index in [9.17, 15) is 10.1 Å². The molecule has 6 nitrogen and oxygen atoms in total. The molecule has 0 bridgehead atoms. The van der Waals surface area contributed by atoms with Gasteiger partial charge in [-0.3, -0.25) is 4.79 Å². The maximum atomic E-state index is 12.6. The number of benzene rings is 2. The molecular formula is C23H27ClN4O2. The van der Waals surface area contributed by atoms with Gasteiger partial charge in [0.05, 0.1) is 28.6 Å². The zero-order valence-electron chi connectivity index (χ0n) is 17.4. The van der Waals surface area contributed by atoms with Gasteiger partial charge in [0.25, 0.3) is 5.91 Å². The van der Waals surface area contributed by atoms with E-state index in [4.69, 9.17) is 16.3 Å². The summed E-state index contributed by atoms with van der Waals surface area (Å²) in [6, 6.07) is 13.2. The van der Waals surface area contributed by atoms with Crippen LogP contribution in [0.15, 0.2) is 36.4 Å². The van der Waals surface area contributed by atoms with E-state index in [1.807, 2.05) is 13.1 Å². The second kappa shape index (κ2) is 10.3. The number of amides is 1. The van der Waals surface area contributed by atoms with E-state index in [-0.39, 0.29) is 10.9 Å². The monoisotopic (exact) mass is 426 g/mol. The molecule has 1 saturated heterocycles. The van der Waals surface area contributed by atoms with E-state index in [2.05, 4.69) is 28.5 Å². The van der Waals surface area contributed by atoms with Gasteiger partial charge in [0.1, 0.15) is 11.8 Å². The molecule has 0 spiro atoms. The molecule has 3 rings (SSSR count). The molecule has 0 saturated carbocycles. The lowest BCUT2D eigenvalue weighted by molar-refractivity contribution is 0.102. The predicted molar refractivity (Wildman–Crippen MR) is 121 cm³/mol. The zero-order chi connectivity index (χ0) is 21.5. The molecule has 1 aliphatic heterocycles. The van der Waals surface area contributed by atoms with E-state index in [0.29, 0.717) is 29.5 Å². The van der Waals surface area contributed by atoms with Crippen LogP contribution in [0.25, 0.3) is 0 Å². The lowest BCUT2D eigenvalue weighted by Gasteiger charge is -2.21. The van der Waals surface area contributed by atoms with Crippen molar-refractivity contribution in [2.75, 3.05) is 37.0 Å². The fourth-order valence-corrected chi connectivity index (χ4v) is 3.73. The maximum absolute atomic E-state index is 12.6. The van der Waals surface area contributed by atoms with Crippen LogP contribution in [-0.4, -0.2) is 38.7 Å². The molecule has 0 radical (unpaired) electrons. The predicted octanol–water partition coefficient (Wildman–Crippen LogP) is 4.44. The van der Waals surface area contributed by atoms with Crippen molar-refractivity contribution in [3.8, 4) is 11.8 Å². The average molecular weight is 427 g/mol. The Labute approximate surface area is 182 Å². The lowest BCUT2D eigenvalue weighted by atomic mass is 10.1. The summed E-state index contributed by atoms with van der Waals surface area (Å²) in [5.74, 6) is 0.449. The second-order valence-electron chi connectivity index (χ2n) is 7.33. The quantitative estimate of drug-likeness (QED) is 0.610. The molecule has 1 amide bonds. The summed E-state index contributed by atoms with van der Waals surface area (Å²) in [4.78, 5) is 14.8. The summed E-state index contributed by atoms with van der Waals surface area (Å²) in [6.07, 6.45) is 3.07. The highest BCUT2D eigenvalue weighted by atomic mass is 35.5. The van der Waals surface area contributed by atoms with Crippen LogP contribution in [0.4, 0.5) is 11.4 Å². The first-order valence-electron chi connectivity index (χ1n) is 10.3. The van der Waals surface area contributed by atoms with Crippen LogP contribution < -0.4 is 20.3 Å². The Balaban J connectivity index is 1.72. The summed E-state index contributed by atoms with van der Waals surface area (Å²) in [7, 11) is 1.94. The number of ether oxygens (including phenoxy) is 1. The Morgan fingerprint density at radius 2 is 2.07 bits per heavy atom. The molecule has 30 heavy (non-hydrogen) atoms. The first-order valence-corrected chi connectivity index (χ1v) is 10.6. The highest BCUT2D eigenvalue weighted by Gasteiger charge is 2.25. The van der Waals surface area contributed by atoms with Crippen molar-refractivity contribution >= 4 is 28.9 Å². The molecule has 0 aromatic heterocycles. The molecule has 0 aliphatic carbocycles. The Morgan fingerprint density at radius 1 is 1.30 bits per heavy atom. The number of hydrogen-bond donors (Lipinski definition) is 2. The first-order chi connectivity index (χ1) is 14.6. The average Bonchev–Trinajstić information content (AvgIpc) is 3.24. The topological polar surface area (TPSA) is 77.4 Å². The summed E-state index contributed by atoms with van der Waals surface area (Å²) >= 11 is 6.49. The molecule has 7 heteroatoms. The van der Waals surface area contributed by atoms with Gasteiger partial charge in [-0.1, -0.05) is 24.9 Å². The highest BCUT2D eigenvalue weighted by Crippen LogP contribution is 2.35. The van der Waals surface area contributed by atoms with Gasteiger partial charge in [0.15, 0.2) is 0 Å². The van der Waals surface area contributed by atoms with E-state index < -0.39 is 0 Å². The number of nitrogens with one attached hydrogen (secondary N) is 2. The molecule has 1 heterocycles. The highest BCUT2D eigenvalue weighted by molar-refractivity contribution is 6.35. The molecule has 1 fully saturated rings. The van der Waals surface area contributed by atoms with Crippen molar-refractivity contribution < 1.29 is 9.53 Å². The number of nitrogens with zero attached hydrogens (tertiary/aromatic N) is 2. The minimum atomic E-state index is -0.287. The molecule has 158 valence electrons. The largest absolute Gasteiger partial charge is 0.494 e. The minimum Gasteiger partial charge on any atom is -0.494 e. The van der Waals surface area contributed by atoms with Gasteiger partial charge in [-0.05, 0) is 56.3 Å². The van der Waals surface area contributed by atoms with Gasteiger partial charge >= 0.3 is 0 Å². The van der Waals surface area contributed by atoms with Crippen LogP contribution in [0.1, 0.15) is 42.1 Å². The van der Waals surface area contributed by atoms with Crippen LogP contribution >= 0.6 is 11.6 Å². The number of anilines is 2. The van der Waals surface area contributed by atoms with Crippen molar-refractivity contribution in [1.29, 1.82) is 5.26 Å². The SMILES string of the molecule is CCCCOc1ccc(C(=O)Nc2ccc(N3CCC(NC)C3)c(C#N)c2Cl)cc1. The third kappa shape index (κ3) is 5.05. The summed E-state index contributed by atoms with van der Waals surface area (Å²) in [5.41, 5.74) is 2.10. The van der Waals surface area contributed by atoms with Crippen LogP contribution in [0.3, 0.4) is 0 Å². The van der Waals surface area contributed by atoms with Crippen LogP contribution in [0, 0.1) is 11.3 Å². The van der Waals surface area contributed by atoms with E-state index in [1.165, 1.54) is 0 Å². The van der Waals surface area contributed by atoms with Gasteiger partial charge in [-0.15, -0.1) is 0 Å². The van der Waals surface area contributed by atoms with Gasteiger partial charge in [-0.2, -0.15) is 5.26 Å². The number of nitriles is 1. The van der Waals surface area contributed by atoms with E-state index >= 15 is 0 Å². The van der Waals surface area contributed by atoms with Crippen molar-refractivity contribution in [1.82, 2.24) is 5.32 Å². The second-order valence-corrected chi connectivity index (χ2v) is 7.71. The number of unbranched alkanes of at least 4 members (excludes halogenated alkanes) is 1. The van der Waals surface area contributed by atoms with Crippen LogP contribution in [0.2, 0.25) is 5.02 Å². The van der Waals surface area contributed by atoms with Crippen molar-refractivity contribution in [3.63, 3.8) is 0 Å². The summed E-state index contributed by atoms with van der Waals surface area (Å²) < 4.78 is 5.63. The first kappa shape index (κ1) is 21.9. The maximum Gasteiger partial charge on any atom is 0.255 e. The van der Waals surface area contributed by atoms with Crippen molar-refractivity contribution in [2.45, 2.75) is 32.2 Å². The molecule has 2 aromatic rings. The van der Waals surface area contributed by atoms with E-state index in [0.717, 1.165) is 43.8 Å². The smallest absolute Gasteiger partial charge is 0.255 e. The van der Waals surface area contributed by atoms with Crippen molar-refractivity contribution in [3.05, 3.63) is 52.5 Å². The molecule has 2 aromatic carbocycles. The molecular weight excluding hydrogens is 400 g/mol. The number of rotatable bonds is 8. The Hall–Kier alpha value is -2.75. The molecule has 2 N–H and O–H groups in total. The summed E-state index contributed by atoms with van der Waals surface area (Å²) in [6.45, 7) is 4.44. The lowest BCUT2D eigenvalue weighted by Crippen LogP contribution is -2.29. The molecule has 1 aliphatic rings. The van der Waals surface area contributed by atoms with Gasteiger partial charge < -0.3 is 20.3 Å². The van der Waals surface area contributed by atoms with E-state index in [1.54, 1.807) is 30.3 Å². The molecule has 1 atom stereocenters. The normalized spacial score (nSPS) is 15.7. The van der Waals surface area contributed by atoms with Crippen molar-refractivity contribution in [2.24, 2.45) is 0 Å². The zero-order valence-corrected chi connectivity index (χ0v) is 18.1. The fraction of sp³-hybridized carbons (Fsp3) is 0.391. The number of likely N-dealkylation sites (N-methyl/N-ethyl adjacent to an activating group) is 1. The number of carbonyl (C=O) groups excluding carboxylic acids is 1. The minimum absolute atomic E-state index is 0.260. The Bertz CT molecular complexity index is 924. The third-order valence-corrected chi connectivity index (χ3v) is 5.69. The number of halogens is 1. The summed E-state index contributed by atoms with van der Waals surface area (Å²) in [5, 5.41) is 16.0. The Morgan fingerprint density at radius 3 is 2.70 bits per heavy atom. The third-order valence-electron chi connectivity index (χ3n) is 5.30. The van der Waals surface area contributed by atoms with Gasteiger partial charge in [0.2, 0.25) is 0 Å². The standard InChI is InChI=1S/C23H27ClN4O2/c1-3-4-13-30-18-7-5-16(6-8-18)23(29)27-20-9-10-21(19(14-25)22(20)24)28-12-11-17(15-28)26-2/h5-10,17,26H,3-4,11-13,15H2,1-2H3,(H,27,29). The van der Waals surface area contributed by atoms with Crippen LogP contribution in [-0.2, 0) is 0 Å². The fourth-order valence-electron chi connectivity index (χ4n) is 3.48. The van der Waals surface area contributed by atoms with Crippen LogP contribution in [0.5, 0.6) is 5.75 Å². The number of carbonyl (C=O) groups is 1. The Kier molecular flexibility index (Phi) is 7.56. The van der Waals surface area contributed by atoms with Gasteiger partial charge in [-0.25, -0.2) is 0 Å².